The van der Waals surface area contributed by atoms with Crippen LogP contribution in [0.2, 0.25) is 0 Å². The second kappa shape index (κ2) is 7.20. The molecule has 1 fully saturated rings. The molecule has 1 aromatic rings. The highest BCUT2D eigenvalue weighted by Gasteiger charge is 2.18. The molecule has 20 heavy (non-hydrogen) atoms. The number of hydrogen-bond donors (Lipinski definition) is 2. The molecule has 0 aliphatic carbocycles. The Hall–Kier alpha value is -1.67. The van der Waals surface area contributed by atoms with Gasteiger partial charge in [-0.1, -0.05) is 13.8 Å². The van der Waals surface area contributed by atoms with Gasteiger partial charge in [0, 0.05) is 6.04 Å². The first-order valence-corrected chi connectivity index (χ1v) is 7.55. The molecule has 2 heterocycles. The van der Waals surface area contributed by atoms with Gasteiger partial charge in [-0.2, -0.15) is 10.4 Å². The van der Waals surface area contributed by atoms with E-state index in [2.05, 4.69) is 33.8 Å². The Morgan fingerprint density at radius 3 is 2.80 bits per heavy atom. The Kier molecular flexibility index (Phi) is 5.31. The maximum Gasteiger partial charge on any atom is 0.167 e. The fourth-order valence-corrected chi connectivity index (χ4v) is 2.75. The van der Waals surface area contributed by atoms with Crippen LogP contribution in [0.1, 0.15) is 49.9 Å². The first kappa shape index (κ1) is 14.7. The van der Waals surface area contributed by atoms with Crippen LogP contribution in [-0.4, -0.2) is 29.3 Å². The first-order valence-electron chi connectivity index (χ1n) is 7.55. The summed E-state index contributed by atoms with van der Waals surface area (Å²) in [6, 6.07) is 2.69. The van der Waals surface area contributed by atoms with E-state index in [-0.39, 0.29) is 0 Å². The molecule has 0 spiro atoms. The Morgan fingerprint density at radius 2 is 2.10 bits per heavy atom. The van der Waals surface area contributed by atoms with Crippen LogP contribution < -0.4 is 10.6 Å². The monoisotopic (exact) mass is 273 g/mol. The van der Waals surface area contributed by atoms with Crippen molar-refractivity contribution in [3.8, 4) is 6.07 Å². The minimum absolute atomic E-state index is 0.378. The van der Waals surface area contributed by atoms with Crippen LogP contribution >= 0.6 is 0 Å². The number of nitriles is 1. The predicted molar refractivity (Wildman–Crippen MR) is 79.6 cm³/mol. The average Bonchev–Trinajstić information content (AvgIpc) is 2.75. The van der Waals surface area contributed by atoms with E-state index in [1.54, 1.807) is 0 Å². The van der Waals surface area contributed by atoms with Gasteiger partial charge in [-0.15, -0.1) is 5.10 Å². The highest BCUT2D eigenvalue weighted by molar-refractivity contribution is 5.56. The fourth-order valence-electron chi connectivity index (χ4n) is 2.75. The van der Waals surface area contributed by atoms with E-state index in [4.69, 9.17) is 0 Å². The number of rotatable bonds is 4. The maximum atomic E-state index is 9.47. The van der Waals surface area contributed by atoms with Gasteiger partial charge in [0.05, 0.1) is 5.69 Å². The van der Waals surface area contributed by atoms with Crippen molar-refractivity contribution in [3.63, 3.8) is 0 Å². The second-order valence-corrected chi connectivity index (χ2v) is 5.19. The van der Waals surface area contributed by atoms with Crippen LogP contribution in [0.4, 0.5) is 5.82 Å². The van der Waals surface area contributed by atoms with Crippen LogP contribution in [0.5, 0.6) is 0 Å². The molecular formula is C15H23N5. The van der Waals surface area contributed by atoms with Crippen LogP contribution in [-0.2, 0) is 12.8 Å². The van der Waals surface area contributed by atoms with Gasteiger partial charge in [-0.25, -0.2) is 0 Å². The quantitative estimate of drug-likeness (QED) is 0.878. The van der Waals surface area contributed by atoms with Crippen LogP contribution in [0.15, 0.2) is 0 Å². The molecule has 1 aromatic heterocycles. The number of hydrogen-bond acceptors (Lipinski definition) is 5. The zero-order valence-corrected chi connectivity index (χ0v) is 12.4. The molecule has 0 radical (unpaired) electrons. The molecule has 0 amide bonds. The number of aryl methyl sites for hydroxylation is 1. The summed E-state index contributed by atoms with van der Waals surface area (Å²) >= 11 is 0. The van der Waals surface area contributed by atoms with Gasteiger partial charge in [0.15, 0.2) is 5.82 Å². The van der Waals surface area contributed by atoms with Crippen molar-refractivity contribution >= 4 is 5.82 Å². The van der Waals surface area contributed by atoms with Gasteiger partial charge in [-0.05, 0) is 50.8 Å². The molecule has 1 aliphatic heterocycles. The van der Waals surface area contributed by atoms with E-state index in [1.807, 2.05) is 6.92 Å². The van der Waals surface area contributed by atoms with Crippen molar-refractivity contribution in [2.75, 3.05) is 18.4 Å². The van der Waals surface area contributed by atoms with Crippen LogP contribution in [0, 0.1) is 11.3 Å². The van der Waals surface area contributed by atoms with Gasteiger partial charge in [0.1, 0.15) is 11.6 Å². The van der Waals surface area contributed by atoms with E-state index in [0.29, 0.717) is 17.4 Å². The van der Waals surface area contributed by atoms with Gasteiger partial charge in [0.2, 0.25) is 0 Å². The third kappa shape index (κ3) is 3.26. The summed E-state index contributed by atoms with van der Waals surface area (Å²) in [6.07, 6.45) is 4.96. The summed E-state index contributed by atoms with van der Waals surface area (Å²) in [5.41, 5.74) is 2.66. The largest absolute Gasteiger partial charge is 0.365 e. The highest BCUT2D eigenvalue weighted by atomic mass is 15.2. The Labute approximate surface area is 120 Å². The summed E-state index contributed by atoms with van der Waals surface area (Å²) in [5.74, 6) is 0.661. The lowest BCUT2D eigenvalue weighted by Gasteiger charge is -2.18. The van der Waals surface area contributed by atoms with Crippen molar-refractivity contribution in [3.05, 3.63) is 16.8 Å². The molecule has 0 bridgehead atoms. The number of nitrogens with one attached hydrogen (secondary N) is 2. The van der Waals surface area contributed by atoms with Gasteiger partial charge in [0.25, 0.3) is 0 Å². The molecule has 2 N–H and O–H groups in total. The number of anilines is 1. The normalized spacial score (nSPS) is 19.1. The minimum Gasteiger partial charge on any atom is -0.365 e. The first-order chi connectivity index (χ1) is 9.80. The molecule has 2 rings (SSSR count). The molecule has 0 aromatic carbocycles. The Morgan fingerprint density at radius 1 is 1.25 bits per heavy atom. The zero-order valence-electron chi connectivity index (χ0n) is 12.4. The topological polar surface area (TPSA) is 73.6 Å². The zero-order chi connectivity index (χ0) is 14.4. The van der Waals surface area contributed by atoms with E-state index >= 15 is 0 Å². The standard InChI is InChI=1S/C15H23N5/c1-3-12-13(10-16)15(20-19-14(12)4-2)18-11-6-5-8-17-9-7-11/h11,17H,3-9H2,1-2H3,(H,18,20). The van der Waals surface area contributed by atoms with Crippen molar-refractivity contribution < 1.29 is 0 Å². The summed E-state index contributed by atoms with van der Waals surface area (Å²) in [6.45, 7) is 6.20. The summed E-state index contributed by atoms with van der Waals surface area (Å²) in [5, 5.41) is 24.8. The summed E-state index contributed by atoms with van der Waals surface area (Å²) < 4.78 is 0. The van der Waals surface area contributed by atoms with Gasteiger partial charge >= 0.3 is 0 Å². The summed E-state index contributed by atoms with van der Waals surface area (Å²) in [4.78, 5) is 0. The van der Waals surface area contributed by atoms with Crippen molar-refractivity contribution in [1.29, 1.82) is 5.26 Å². The molecule has 1 aliphatic rings. The van der Waals surface area contributed by atoms with E-state index in [0.717, 1.165) is 56.5 Å². The van der Waals surface area contributed by atoms with Crippen LogP contribution in [0.3, 0.4) is 0 Å². The lowest BCUT2D eigenvalue weighted by Crippen LogP contribution is -2.23. The number of nitrogens with zero attached hydrogens (tertiary/aromatic N) is 3. The van der Waals surface area contributed by atoms with Crippen molar-refractivity contribution in [2.45, 2.75) is 52.0 Å². The van der Waals surface area contributed by atoms with Crippen LogP contribution in [0.25, 0.3) is 0 Å². The lowest BCUT2D eigenvalue weighted by atomic mass is 10.0. The minimum atomic E-state index is 0.378. The molecule has 5 heteroatoms. The summed E-state index contributed by atoms with van der Waals surface area (Å²) in [7, 11) is 0. The van der Waals surface area contributed by atoms with Gasteiger partial charge in [-0.3, -0.25) is 0 Å². The van der Waals surface area contributed by atoms with Gasteiger partial charge < -0.3 is 10.6 Å². The Balaban J connectivity index is 2.25. The predicted octanol–water partition coefficient (Wildman–Crippen LogP) is 2.03. The Bertz CT molecular complexity index is 484. The smallest absolute Gasteiger partial charge is 0.167 e. The maximum absolute atomic E-state index is 9.47. The molecular weight excluding hydrogens is 250 g/mol. The second-order valence-electron chi connectivity index (χ2n) is 5.19. The lowest BCUT2D eigenvalue weighted by molar-refractivity contribution is 0.632. The third-order valence-electron chi connectivity index (χ3n) is 3.87. The third-order valence-corrected chi connectivity index (χ3v) is 3.87. The van der Waals surface area contributed by atoms with E-state index in [1.165, 1.54) is 0 Å². The fraction of sp³-hybridized carbons (Fsp3) is 0.667. The number of aromatic nitrogens is 2. The van der Waals surface area contributed by atoms with Crippen molar-refractivity contribution in [2.24, 2.45) is 0 Å². The average molecular weight is 273 g/mol. The molecule has 5 nitrogen and oxygen atoms in total. The van der Waals surface area contributed by atoms with E-state index in [9.17, 15) is 5.26 Å². The molecule has 1 saturated heterocycles. The van der Waals surface area contributed by atoms with Crippen molar-refractivity contribution in [1.82, 2.24) is 15.5 Å². The SMILES string of the molecule is CCc1nnc(NC2CCCNCC2)c(C#N)c1CC. The molecule has 108 valence electrons. The highest BCUT2D eigenvalue weighted by Crippen LogP contribution is 2.22. The molecule has 1 atom stereocenters. The molecule has 1 unspecified atom stereocenters. The van der Waals surface area contributed by atoms with E-state index < -0.39 is 0 Å². The molecule has 0 saturated carbocycles.